The van der Waals surface area contributed by atoms with E-state index in [0.717, 1.165) is 61.0 Å². The number of anilines is 2. The molecule has 2 fully saturated rings. The second-order valence-corrected chi connectivity index (χ2v) is 11.2. The first-order chi connectivity index (χ1) is 16.7. The summed E-state index contributed by atoms with van der Waals surface area (Å²) < 4.78 is 28.3. The molecule has 0 radical (unpaired) electrons. The van der Waals surface area contributed by atoms with Crippen LogP contribution in [0.5, 0.6) is 0 Å². The topological polar surface area (TPSA) is 41.1 Å². The second kappa shape index (κ2) is 7.87. The fourth-order valence-electron chi connectivity index (χ4n) is 6.66. The van der Waals surface area contributed by atoms with Gasteiger partial charge >= 0.3 is 0 Å². The van der Waals surface area contributed by atoms with Crippen molar-refractivity contribution in [2.24, 2.45) is 5.41 Å². The highest BCUT2D eigenvalue weighted by atomic mass is 19.3. The van der Waals surface area contributed by atoms with Crippen LogP contribution in [0, 0.1) is 19.3 Å². The average Bonchev–Trinajstić information content (AvgIpc) is 3.22. The van der Waals surface area contributed by atoms with Crippen molar-refractivity contribution >= 4 is 22.4 Å². The molecule has 2 heterocycles. The molecule has 2 aliphatic carbocycles. The zero-order valence-corrected chi connectivity index (χ0v) is 21.1. The maximum atomic E-state index is 14.2. The molecule has 1 N–H and O–H groups in total. The van der Waals surface area contributed by atoms with E-state index in [1.807, 2.05) is 19.9 Å². The zero-order chi connectivity index (χ0) is 24.5. The van der Waals surface area contributed by atoms with Crippen LogP contribution in [0.3, 0.4) is 0 Å². The number of nitrogens with zero attached hydrogens (tertiary/aromatic N) is 3. The van der Waals surface area contributed by atoms with Crippen molar-refractivity contribution in [1.29, 1.82) is 0 Å². The van der Waals surface area contributed by atoms with Crippen molar-refractivity contribution in [2.45, 2.75) is 78.2 Å². The Balaban J connectivity index is 1.40. The number of nitrogens with one attached hydrogen (secondary N) is 1. The number of alkyl halides is 2. The Morgan fingerprint density at radius 3 is 2.49 bits per heavy atom. The highest BCUT2D eigenvalue weighted by Gasteiger charge is 2.48. The van der Waals surface area contributed by atoms with Gasteiger partial charge in [0.15, 0.2) is 0 Å². The van der Waals surface area contributed by atoms with E-state index in [-0.39, 0.29) is 11.6 Å². The van der Waals surface area contributed by atoms with E-state index in [2.05, 4.69) is 16.3 Å². The molecule has 35 heavy (non-hydrogen) atoms. The molecule has 4 nitrogen and oxygen atoms in total. The molecule has 0 unspecified atom stereocenters. The molecule has 3 aromatic rings. The second-order valence-electron chi connectivity index (χ2n) is 11.2. The van der Waals surface area contributed by atoms with Crippen molar-refractivity contribution in [3.05, 3.63) is 57.9 Å². The lowest BCUT2D eigenvalue weighted by Gasteiger charge is -2.57. The van der Waals surface area contributed by atoms with Crippen LogP contribution < -0.4 is 10.2 Å². The van der Waals surface area contributed by atoms with Crippen molar-refractivity contribution in [3.8, 4) is 0 Å². The van der Waals surface area contributed by atoms with E-state index in [4.69, 9.17) is 9.97 Å². The Kier molecular flexibility index (Phi) is 5.10. The quantitative estimate of drug-likeness (QED) is 0.430. The maximum Gasteiger partial charge on any atom is 0.270 e. The SMILES string of the molecule is Cc1nc(N[C@H](C)c2cccc(C(C)(F)F)c2C)c2cc(N3CC4(CCC4)C3)c3c(c2n1)CCC3. The summed E-state index contributed by atoms with van der Waals surface area (Å²) in [5, 5.41) is 4.62. The van der Waals surface area contributed by atoms with E-state index >= 15 is 0 Å². The molecular weight excluding hydrogens is 442 g/mol. The molecule has 6 heteroatoms. The number of aryl methyl sites for hydroxylation is 2. The average molecular weight is 477 g/mol. The van der Waals surface area contributed by atoms with Gasteiger partial charge in [-0.25, -0.2) is 18.7 Å². The van der Waals surface area contributed by atoms with Gasteiger partial charge in [-0.1, -0.05) is 24.6 Å². The Hall–Kier alpha value is -2.76. The summed E-state index contributed by atoms with van der Waals surface area (Å²) in [5.74, 6) is -1.34. The first kappa shape index (κ1) is 22.7. The van der Waals surface area contributed by atoms with Gasteiger partial charge in [0.25, 0.3) is 5.92 Å². The lowest BCUT2D eigenvalue weighted by Crippen LogP contribution is -2.60. The summed E-state index contributed by atoms with van der Waals surface area (Å²) in [6.07, 6.45) is 7.43. The molecule has 2 aromatic carbocycles. The van der Waals surface area contributed by atoms with Crippen molar-refractivity contribution in [1.82, 2.24) is 9.97 Å². The van der Waals surface area contributed by atoms with Gasteiger partial charge in [-0.3, -0.25) is 0 Å². The van der Waals surface area contributed by atoms with Gasteiger partial charge in [0.2, 0.25) is 0 Å². The number of hydrogen-bond donors (Lipinski definition) is 1. The molecule has 1 saturated heterocycles. The van der Waals surface area contributed by atoms with Crippen molar-refractivity contribution in [3.63, 3.8) is 0 Å². The maximum absolute atomic E-state index is 14.2. The third kappa shape index (κ3) is 3.68. The molecule has 1 aromatic heterocycles. The minimum absolute atomic E-state index is 0.0789. The zero-order valence-electron chi connectivity index (χ0n) is 21.1. The summed E-state index contributed by atoms with van der Waals surface area (Å²) in [5.41, 5.74) is 7.38. The van der Waals surface area contributed by atoms with Crippen LogP contribution in [0.4, 0.5) is 20.3 Å². The lowest BCUT2D eigenvalue weighted by atomic mass is 9.63. The highest BCUT2D eigenvalue weighted by molar-refractivity contribution is 5.96. The molecule has 1 spiro atoms. The number of fused-ring (bicyclic) bond motifs is 3. The van der Waals surface area contributed by atoms with Crippen LogP contribution >= 0.6 is 0 Å². The standard InChI is InChI=1S/C29H34F2N4/c1-17-20(8-6-11-24(17)28(4,30)31)18(2)32-27-23-14-25(35-15-29(16-35)12-7-13-29)21-9-5-10-22(21)26(23)33-19(3)34-27/h6,8,11,14,18H,5,7,9-10,12-13,15-16H2,1-4H3,(H,32,33,34)/t18-/m1/s1. The van der Waals surface area contributed by atoms with E-state index < -0.39 is 5.92 Å². The fourth-order valence-corrected chi connectivity index (χ4v) is 6.66. The Bertz CT molecular complexity index is 1310. The van der Waals surface area contributed by atoms with Crippen LogP contribution in [-0.2, 0) is 18.8 Å². The lowest BCUT2D eigenvalue weighted by molar-refractivity contribution is 0.0167. The molecule has 1 saturated carbocycles. The van der Waals surface area contributed by atoms with E-state index in [1.54, 1.807) is 13.0 Å². The summed E-state index contributed by atoms with van der Waals surface area (Å²) in [6, 6.07) is 7.30. The molecule has 1 aliphatic heterocycles. The summed E-state index contributed by atoms with van der Waals surface area (Å²) in [4.78, 5) is 12.3. The van der Waals surface area contributed by atoms with Crippen molar-refractivity contribution in [2.75, 3.05) is 23.3 Å². The molecule has 184 valence electrons. The number of benzene rings is 2. The Morgan fingerprint density at radius 2 is 1.80 bits per heavy atom. The molecule has 6 rings (SSSR count). The van der Waals surface area contributed by atoms with Crippen LogP contribution in [0.2, 0.25) is 0 Å². The number of aromatic nitrogens is 2. The number of rotatable bonds is 5. The largest absolute Gasteiger partial charge is 0.370 e. The number of hydrogen-bond acceptors (Lipinski definition) is 4. The Labute approximate surface area is 206 Å². The minimum atomic E-state index is -2.87. The van der Waals surface area contributed by atoms with Crippen molar-refractivity contribution < 1.29 is 8.78 Å². The first-order valence-corrected chi connectivity index (χ1v) is 13.0. The minimum Gasteiger partial charge on any atom is -0.370 e. The van der Waals surface area contributed by atoms with Gasteiger partial charge in [0, 0.05) is 42.1 Å². The molecule has 1 atom stereocenters. The smallest absolute Gasteiger partial charge is 0.270 e. The predicted molar refractivity (Wildman–Crippen MR) is 138 cm³/mol. The summed E-state index contributed by atoms with van der Waals surface area (Å²) >= 11 is 0. The monoisotopic (exact) mass is 476 g/mol. The number of halogens is 2. The van der Waals surface area contributed by atoms with E-state index in [9.17, 15) is 8.78 Å². The van der Waals surface area contributed by atoms with Gasteiger partial charge in [-0.2, -0.15) is 0 Å². The molecule has 0 bridgehead atoms. The van der Waals surface area contributed by atoms with Gasteiger partial charge in [0.05, 0.1) is 11.6 Å². The van der Waals surface area contributed by atoms with Crippen LogP contribution in [0.25, 0.3) is 10.9 Å². The molecular formula is C29H34F2N4. The van der Waals surface area contributed by atoms with Crippen LogP contribution in [0.1, 0.15) is 79.2 Å². The van der Waals surface area contributed by atoms with Gasteiger partial charge in [-0.15, -0.1) is 0 Å². The van der Waals surface area contributed by atoms with Gasteiger partial charge in [0.1, 0.15) is 11.6 Å². The third-order valence-corrected chi connectivity index (χ3v) is 8.63. The predicted octanol–water partition coefficient (Wildman–Crippen LogP) is 7.01. The van der Waals surface area contributed by atoms with Gasteiger partial charge in [-0.05, 0) is 81.2 Å². The van der Waals surface area contributed by atoms with E-state index in [1.165, 1.54) is 48.6 Å². The Morgan fingerprint density at radius 1 is 1.06 bits per heavy atom. The van der Waals surface area contributed by atoms with Crippen LogP contribution in [-0.4, -0.2) is 23.1 Å². The fraction of sp³-hybridized carbons (Fsp3) is 0.517. The molecule has 0 amide bonds. The summed E-state index contributed by atoms with van der Waals surface area (Å²) in [6.45, 7) is 9.03. The van der Waals surface area contributed by atoms with E-state index in [0.29, 0.717) is 11.0 Å². The highest BCUT2D eigenvalue weighted by Crippen LogP contribution is 2.51. The summed E-state index contributed by atoms with van der Waals surface area (Å²) in [7, 11) is 0. The first-order valence-electron chi connectivity index (χ1n) is 13.0. The van der Waals surface area contributed by atoms with Crippen LogP contribution in [0.15, 0.2) is 24.3 Å². The molecule has 3 aliphatic rings. The normalized spacial score (nSPS) is 19.4. The van der Waals surface area contributed by atoms with Gasteiger partial charge < -0.3 is 10.2 Å². The third-order valence-electron chi connectivity index (χ3n) is 8.63.